The Labute approximate surface area is 392 Å². The molecular formula is C59H105NO3. The summed E-state index contributed by atoms with van der Waals surface area (Å²) in [7, 11) is 0. The number of aliphatic hydroxyl groups excluding tert-OH is 2. The predicted molar refractivity (Wildman–Crippen MR) is 280 cm³/mol. The normalized spacial score (nSPS) is 13.5. The highest BCUT2D eigenvalue weighted by Gasteiger charge is 2.18. The van der Waals surface area contributed by atoms with Crippen molar-refractivity contribution in [1.82, 2.24) is 5.32 Å². The van der Waals surface area contributed by atoms with E-state index in [1.165, 1.54) is 180 Å². The highest BCUT2D eigenvalue weighted by Crippen LogP contribution is 2.16. The van der Waals surface area contributed by atoms with Gasteiger partial charge in [0.1, 0.15) is 0 Å². The number of unbranched alkanes of at least 4 members (excludes halogenated alkanes) is 30. The van der Waals surface area contributed by atoms with E-state index in [4.69, 9.17) is 0 Å². The van der Waals surface area contributed by atoms with E-state index in [1.54, 1.807) is 6.08 Å². The van der Waals surface area contributed by atoms with Gasteiger partial charge in [-0.25, -0.2) is 0 Å². The summed E-state index contributed by atoms with van der Waals surface area (Å²) in [5, 5.41) is 23.1. The van der Waals surface area contributed by atoms with Crippen LogP contribution in [-0.2, 0) is 4.79 Å². The van der Waals surface area contributed by atoms with Gasteiger partial charge in [-0.2, -0.15) is 0 Å². The molecule has 0 radical (unpaired) electrons. The number of allylic oxidation sites excluding steroid dienone is 13. The maximum Gasteiger partial charge on any atom is 0.220 e. The van der Waals surface area contributed by atoms with Crippen LogP contribution in [0.25, 0.3) is 0 Å². The molecule has 0 bridgehead atoms. The topological polar surface area (TPSA) is 69.6 Å². The van der Waals surface area contributed by atoms with Crippen LogP contribution < -0.4 is 5.32 Å². The largest absolute Gasteiger partial charge is 0.394 e. The fourth-order valence-electron chi connectivity index (χ4n) is 8.01. The van der Waals surface area contributed by atoms with Crippen LogP contribution in [0, 0.1) is 0 Å². The lowest BCUT2D eigenvalue weighted by atomic mass is 10.0. The Morgan fingerprint density at radius 3 is 1.05 bits per heavy atom. The van der Waals surface area contributed by atoms with Crippen molar-refractivity contribution < 1.29 is 15.0 Å². The Bertz CT molecular complexity index is 1130. The summed E-state index contributed by atoms with van der Waals surface area (Å²) >= 11 is 0. The van der Waals surface area contributed by atoms with Gasteiger partial charge in [0.25, 0.3) is 0 Å². The second kappa shape index (κ2) is 53.9. The average molecular weight is 876 g/mol. The molecule has 0 fully saturated rings. The van der Waals surface area contributed by atoms with Gasteiger partial charge in [-0.05, 0) is 70.6 Å². The van der Waals surface area contributed by atoms with Crippen LogP contribution in [0.4, 0.5) is 0 Å². The van der Waals surface area contributed by atoms with Crippen molar-refractivity contribution in [2.45, 2.75) is 276 Å². The van der Waals surface area contributed by atoms with Crippen LogP contribution in [0.2, 0.25) is 0 Å². The van der Waals surface area contributed by atoms with Crippen LogP contribution >= 0.6 is 0 Å². The number of nitrogens with one attached hydrogen (secondary N) is 1. The van der Waals surface area contributed by atoms with Crippen LogP contribution in [0.5, 0.6) is 0 Å². The summed E-state index contributed by atoms with van der Waals surface area (Å²) in [6.45, 7) is 4.20. The van der Waals surface area contributed by atoms with E-state index in [0.717, 1.165) is 64.2 Å². The molecule has 0 aromatic carbocycles. The molecule has 4 heteroatoms. The van der Waals surface area contributed by atoms with Crippen molar-refractivity contribution in [2.24, 2.45) is 0 Å². The third kappa shape index (κ3) is 50.4. The zero-order valence-electron chi connectivity index (χ0n) is 41.8. The minimum Gasteiger partial charge on any atom is -0.394 e. The summed E-state index contributed by atoms with van der Waals surface area (Å²) in [5.41, 5.74) is 0. The third-order valence-electron chi connectivity index (χ3n) is 12.1. The quantitative estimate of drug-likeness (QED) is 0.0421. The average Bonchev–Trinajstić information content (AvgIpc) is 3.29. The standard InChI is InChI=1S/C59H105NO3/c1-3-5-7-9-11-13-15-17-19-20-21-22-23-24-25-26-27-28-29-30-31-32-33-34-35-36-37-38-39-40-41-43-45-47-49-51-53-55-59(63)60-57(56-61)58(62)54-52-50-48-46-44-42-18-16-14-12-10-8-6-4-2/h5,7,11,13,17,19,21-22,24-25,27-28,52,54,57-58,61-62H,3-4,6,8-10,12,14-16,18,20,23,26,29-51,53,55-56H2,1-2H3,(H,60,63)/b7-5-,13-11-,19-17-,22-21-,25-24-,28-27-,54-52+. The molecule has 0 saturated carbocycles. The molecular weight excluding hydrogens is 771 g/mol. The molecule has 0 aromatic rings. The Hall–Kier alpha value is -2.43. The summed E-state index contributed by atoms with van der Waals surface area (Å²) < 4.78 is 0. The molecule has 0 heterocycles. The molecule has 2 atom stereocenters. The summed E-state index contributed by atoms with van der Waals surface area (Å²) in [5.74, 6) is -0.0640. The summed E-state index contributed by atoms with van der Waals surface area (Å²) in [6, 6.07) is -0.623. The number of amides is 1. The van der Waals surface area contributed by atoms with Crippen molar-refractivity contribution in [3.8, 4) is 0 Å². The van der Waals surface area contributed by atoms with Crippen LogP contribution in [-0.4, -0.2) is 34.9 Å². The van der Waals surface area contributed by atoms with Crippen LogP contribution in [0.3, 0.4) is 0 Å². The summed E-state index contributed by atoms with van der Waals surface area (Å²) in [4.78, 5) is 12.4. The maximum atomic E-state index is 12.4. The summed E-state index contributed by atoms with van der Waals surface area (Å²) in [6.07, 6.45) is 78.8. The van der Waals surface area contributed by atoms with Crippen LogP contribution in [0.1, 0.15) is 264 Å². The molecule has 0 aromatic heterocycles. The van der Waals surface area contributed by atoms with Gasteiger partial charge in [-0.15, -0.1) is 0 Å². The molecule has 0 rings (SSSR count). The molecule has 0 aliphatic heterocycles. The zero-order valence-corrected chi connectivity index (χ0v) is 41.8. The molecule has 0 aliphatic rings. The molecule has 0 spiro atoms. The molecule has 1 amide bonds. The Morgan fingerprint density at radius 2 is 0.698 bits per heavy atom. The molecule has 63 heavy (non-hydrogen) atoms. The third-order valence-corrected chi connectivity index (χ3v) is 12.1. The van der Waals surface area contributed by atoms with Gasteiger partial charge in [0.2, 0.25) is 5.91 Å². The Balaban J connectivity index is 3.48. The van der Waals surface area contributed by atoms with Gasteiger partial charge in [0.05, 0.1) is 18.8 Å². The van der Waals surface area contributed by atoms with Crippen molar-refractivity contribution in [2.75, 3.05) is 6.61 Å². The van der Waals surface area contributed by atoms with Gasteiger partial charge in [0, 0.05) is 6.42 Å². The smallest absolute Gasteiger partial charge is 0.220 e. The Morgan fingerprint density at radius 1 is 0.397 bits per heavy atom. The van der Waals surface area contributed by atoms with E-state index >= 15 is 0 Å². The molecule has 2 unspecified atom stereocenters. The first kappa shape index (κ1) is 60.6. The van der Waals surface area contributed by atoms with E-state index in [1.807, 2.05) is 6.08 Å². The van der Waals surface area contributed by atoms with Gasteiger partial charge in [-0.1, -0.05) is 272 Å². The molecule has 3 N–H and O–H groups in total. The molecule has 364 valence electrons. The number of rotatable bonds is 49. The number of hydrogen-bond donors (Lipinski definition) is 3. The lowest BCUT2D eigenvalue weighted by Crippen LogP contribution is -2.45. The Kier molecular flexibility index (Phi) is 51.8. The van der Waals surface area contributed by atoms with Gasteiger partial charge in [0.15, 0.2) is 0 Å². The van der Waals surface area contributed by atoms with Crippen molar-refractivity contribution >= 4 is 5.91 Å². The van der Waals surface area contributed by atoms with E-state index in [2.05, 4.69) is 92.1 Å². The first-order valence-electron chi connectivity index (χ1n) is 27.3. The zero-order chi connectivity index (χ0) is 45.6. The highest BCUT2D eigenvalue weighted by atomic mass is 16.3. The number of carbonyl (C=O) groups is 1. The first-order chi connectivity index (χ1) is 31.2. The van der Waals surface area contributed by atoms with Gasteiger partial charge < -0.3 is 15.5 Å². The van der Waals surface area contributed by atoms with Gasteiger partial charge in [-0.3, -0.25) is 4.79 Å². The number of carbonyl (C=O) groups excluding carboxylic acids is 1. The lowest BCUT2D eigenvalue weighted by Gasteiger charge is -2.20. The second-order valence-corrected chi connectivity index (χ2v) is 18.3. The second-order valence-electron chi connectivity index (χ2n) is 18.3. The van der Waals surface area contributed by atoms with Gasteiger partial charge >= 0.3 is 0 Å². The number of hydrogen-bond acceptors (Lipinski definition) is 3. The highest BCUT2D eigenvalue weighted by molar-refractivity contribution is 5.76. The fourth-order valence-corrected chi connectivity index (χ4v) is 8.01. The maximum absolute atomic E-state index is 12.4. The number of aliphatic hydroxyl groups is 2. The monoisotopic (exact) mass is 876 g/mol. The van der Waals surface area contributed by atoms with Crippen molar-refractivity contribution in [1.29, 1.82) is 0 Å². The first-order valence-corrected chi connectivity index (χ1v) is 27.3. The van der Waals surface area contributed by atoms with E-state index in [-0.39, 0.29) is 12.5 Å². The van der Waals surface area contributed by atoms with Crippen LogP contribution in [0.15, 0.2) is 85.1 Å². The minimum absolute atomic E-state index is 0.0640. The lowest BCUT2D eigenvalue weighted by molar-refractivity contribution is -0.123. The van der Waals surface area contributed by atoms with E-state index in [9.17, 15) is 15.0 Å². The van der Waals surface area contributed by atoms with E-state index < -0.39 is 12.1 Å². The van der Waals surface area contributed by atoms with Crippen molar-refractivity contribution in [3.63, 3.8) is 0 Å². The fraction of sp³-hybridized carbons (Fsp3) is 0.746. The van der Waals surface area contributed by atoms with Crippen molar-refractivity contribution in [3.05, 3.63) is 85.1 Å². The SMILES string of the molecule is CC/C=C\C/C=C\C/C=C\C/C=C\C/C=C\C/C=C\CCCCCCCCCCCCCCCCCCCCC(=O)NC(CO)C(O)/C=C/CCCCCCCCCCCCCC. The predicted octanol–water partition coefficient (Wildman–Crippen LogP) is 18.0. The molecule has 0 saturated heterocycles. The molecule has 0 aliphatic carbocycles. The minimum atomic E-state index is -0.840. The molecule has 4 nitrogen and oxygen atoms in total. The van der Waals surface area contributed by atoms with E-state index in [0.29, 0.717) is 6.42 Å².